The molecule has 1 aromatic rings. The lowest BCUT2D eigenvalue weighted by atomic mass is 10.0. The van der Waals surface area contributed by atoms with Gasteiger partial charge in [-0.3, -0.25) is 9.78 Å². The zero-order valence-electron chi connectivity index (χ0n) is 12.3. The minimum atomic E-state index is -0.169. The van der Waals surface area contributed by atoms with E-state index in [9.17, 15) is 4.79 Å². The zero-order chi connectivity index (χ0) is 14.8. The molecule has 1 amide bonds. The molecule has 0 atom stereocenters. The summed E-state index contributed by atoms with van der Waals surface area (Å²) in [6.07, 6.45) is 7.35. The molecule has 1 fully saturated rings. The van der Waals surface area contributed by atoms with Crippen LogP contribution in [-0.2, 0) is 4.79 Å². The topological polar surface area (TPSA) is 71.2 Å². The number of amides is 1. The average molecular weight is 274 g/mol. The van der Waals surface area contributed by atoms with Crippen molar-refractivity contribution < 1.29 is 4.79 Å². The van der Waals surface area contributed by atoms with E-state index in [-0.39, 0.29) is 11.4 Å². The second kappa shape index (κ2) is 5.53. The van der Waals surface area contributed by atoms with Crippen molar-refractivity contribution in [2.24, 2.45) is 0 Å². The highest BCUT2D eigenvalue weighted by Crippen LogP contribution is 2.28. The van der Waals surface area contributed by atoms with Gasteiger partial charge in [-0.2, -0.15) is 0 Å². The molecule has 5 heteroatoms. The minimum absolute atomic E-state index is 0.132. The van der Waals surface area contributed by atoms with Gasteiger partial charge < -0.3 is 16.0 Å². The van der Waals surface area contributed by atoms with Gasteiger partial charge in [0.2, 0.25) is 5.91 Å². The lowest BCUT2D eigenvalue weighted by molar-refractivity contribution is -0.112. The van der Waals surface area contributed by atoms with E-state index in [1.54, 1.807) is 18.3 Å². The molecule has 3 N–H and O–H groups in total. The summed E-state index contributed by atoms with van der Waals surface area (Å²) in [4.78, 5) is 18.2. The molecule has 0 aliphatic carbocycles. The van der Waals surface area contributed by atoms with Crippen LogP contribution in [-0.4, -0.2) is 27.9 Å². The molecule has 0 radical (unpaired) electrons. The highest BCUT2D eigenvalue weighted by molar-refractivity contribution is 5.99. The van der Waals surface area contributed by atoms with Crippen molar-refractivity contribution in [1.29, 1.82) is 0 Å². The number of nitrogens with one attached hydrogen (secondary N) is 1. The number of hydrogen-bond donors (Lipinski definition) is 2. The summed E-state index contributed by atoms with van der Waals surface area (Å²) in [7, 11) is 0. The molecule has 1 aliphatic rings. The van der Waals surface area contributed by atoms with Crippen LogP contribution in [0.15, 0.2) is 24.5 Å². The molecule has 0 saturated carbocycles. The number of carbonyl (C=O) groups excluding carboxylic acids is 1. The fourth-order valence-corrected chi connectivity index (χ4v) is 2.36. The molecule has 20 heavy (non-hydrogen) atoms. The molecule has 1 saturated heterocycles. The summed E-state index contributed by atoms with van der Waals surface area (Å²) in [5, 5.41) is 2.77. The van der Waals surface area contributed by atoms with Crippen molar-refractivity contribution in [3.05, 3.63) is 30.2 Å². The summed E-state index contributed by atoms with van der Waals surface area (Å²) in [6.45, 7) is 7.20. The van der Waals surface area contributed by atoms with E-state index in [1.165, 1.54) is 0 Å². The Balaban J connectivity index is 1.97. The number of anilines is 2. The number of pyridine rings is 1. The van der Waals surface area contributed by atoms with Crippen molar-refractivity contribution in [2.75, 3.05) is 17.6 Å². The molecule has 5 nitrogen and oxygen atoms in total. The maximum atomic E-state index is 11.9. The number of carbonyl (C=O) groups is 1. The summed E-state index contributed by atoms with van der Waals surface area (Å²) in [6, 6.07) is 1.72. The average Bonchev–Trinajstić information content (AvgIpc) is 2.70. The van der Waals surface area contributed by atoms with E-state index in [0.717, 1.165) is 25.1 Å². The number of rotatable bonds is 3. The highest BCUT2D eigenvalue weighted by Gasteiger charge is 2.29. The molecule has 0 unspecified atom stereocenters. The first-order chi connectivity index (χ1) is 9.38. The second-order valence-corrected chi connectivity index (χ2v) is 5.81. The van der Waals surface area contributed by atoms with Crippen molar-refractivity contribution >= 4 is 17.3 Å². The molecule has 108 valence electrons. The first kappa shape index (κ1) is 14.4. The van der Waals surface area contributed by atoms with Crippen LogP contribution in [0.1, 0.15) is 32.4 Å². The Morgan fingerprint density at radius 3 is 2.90 bits per heavy atom. The summed E-state index contributed by atoms with van der Waals surface area (Å²) in [5.41, 5.74) is 7.85. The Bertz CT molecular complexity index is 537. The first-order valence-electron chi connectivity index (χ1n) is 6.86. The van der Waals surface area contributed by atoms with Gasteiger partial charge in [0.25, 0.3) is 0 Å². The molecule has 2 heterocycles. The number of aryl methyl sites for hydroxylation is 1. The fraction of sp³-hybridized carbons (Fsp3) is 0.467. The summed E-state index contributed by atoms with van der Waals surface area (Å²) in [5.74, 6) is -0.169. The molecule has 0 aromatic carbocycles. The predicted molar refractivity (Wildman–Crippen MR) is 81.2 cm³/mol. The largest absolute Gasteiger partial charge is 0.397 e. The van der Waals surface area contributed by atoms with Gasteiger partial charge in [0.05, 0.1) is 23.3 Å². The maximum Gasteiger partial charge on any atom is 0.249 e. The number of hydrogen-bond acceptors (Lipinski definition) is 4. The van der Waals surface area contributed by atoms with Gasteiger partial charge in [-0.1, -0.05) is 0 Å². The molecule has 1 aromatic heterocycles. The van der Waals surface area contributed by atoms with E-state index in [2.05, 4.69) is 29.0 Å². The Kier molecular flexibility index (Phi) is 3.97. The first-order valence-corrected chi connectivity index (χ1v) is 6.86. The quantitative estimate of drug-likeness (QED) is 0.830. The number of nitrogen functional groups attached to an aromatic ring is 1. The van der Waals surface area contributed by atoms with E-state index in [1.807, 2.05) is 13.1 Å². The minimum Gasteiger partial charge on any atom is -0.397 e. The molecule has 1 aliphatic heterocycles. The third-order valence-corrected chi connectivity index (χ3v) is 3.76. The van der Waals surface area contributed by atoms with Crippen molar-refractivity contribution in [2.45, 2.75) is 39.2 Å². The van der Waals surface area contributed by atoms with Gasteiger partial charge in [0.15, 0.2) is 0 Å². The fourth-order valence-electron chi connectivity index (χ4n) is 2.36. The third-order valence-electron chi connectivity index (χ3n) is 3.76. The van der Waals surface area contributed by atoms with Gasteiger partial charge in [-0.05, 0) is 39.7 Å². The van der Waals surface area contributed by atoms with Crippen LogP contribution in [0.2, 0.25) is 0 Å². The van der Waals surface area contributed by atoms with Crippen molar-refractivity contribution in [1.82, 2.24) is 9.88 Å². The molecule has 0 spiro atoms. The number of nitrogens with two attached hydrogens (primary N) is 1. The van der Waals surface area contributed by atoms with E-state index < -0.39 is 0 Å². The zero-order valence-corrected chi connectivity index (χ0v) is 12.3. The van der Waals surface area contributed by atoms with Crippen LogP contribution in [0.4, 0.5) is 11.4 Å². The molecule has 2 rings (SSSR count). The normalized spacial score (nSPS) is 17.6. The van der Waals surface area contributed by atoms with E-state index in [0.29, 0.717) is 11.4 Å². The van der Waals surface area contributed by atoms with Crippen LogP contribution in [0.25, 0.3) is 0 Å². The Morgan fingerprint density at radius 1 is 1.55 bits per heavy atom. The van der Waals surface area contributed by atoms with Crippen molar-refractivity contribution in [3.63, 3.8) is 0 Å². The van der Waals surface area contributed by atoms with Gasteiger partial charge >= 0.3 is 0 Å². The molecule has 0 bridgehead atoms. The Labute approximate surface area is 119 Å². The Hall–Kier alpha value is -2.04. The lowest BCUT2D eigenvalue weighted by Crippen LogP contribution is -2.33. The van der Waals surface area contributed by atoms with Gasteiger partial charge in [-0.15, -0.1) is 0 Å². The standard InChI is InChI=1S/C15H22N4O/c1-11-13(16)9-12(10-17-11)18-14(20)5-8-19-7-4-6-15(19,2)3/h5,8-10H,4,6-7,16H2,1-3H3,(H,18,20). The van der Waals surface area contributed by atoms with E-state index in [4.69, 9.17) is 5.73 Å². The monoisotopic (exact) mass is 274 g/mol. The lowest BCUT2D eigenvalue weighted by Gasteiger charge is -2.30. The SMILES string of the molecule is Cc1ncc(NC(=O)C=CN2CCCC2(C)C)cc1N. The number of likely N-dealkylation sites (tertiary alicyclic amines) is 1. The molecular weight excluding hydrogens is 252 g/mol. The number of nitrogens with zero attached hydrogens (tertiary/aromatic N) is 2. The third kappa shape index (κ3) is 3.29. The van der Waals surface area contributed by atoms with Crippen LogP contribution in [0, 0.1) is 6.92 Å². The summed E-state index contributed by atoms with van der Waals surface area (Å²) < 4.78 is 0. The van der Waals surface area contributed by atoms with Crippen LogP contribution in [0.5, 0.6) is 0 Å². The van der Waals surface area contributed by atoms with Crippen molar-refractivity contribution in [3.8, 4) is 0 Å². The van der Waals surface area contributed by atoms with Crippen LogP contribution in [0.3, 0.4) is 0 Å². The second-order valence-electron chi connectivity index (χ2n) is 5.81. The van der Waals surface area contributed by atoms with Gasteiger partial charge in [0, 0.05) is 24.4 Å². The van der Waals surface area contributed by atoms with Gasteiger partial charge in [-0.25, -0.2) is 0 Å². The van der Waals surface area contributed by atoms with Crippen LogP contribution >= 0.6 is 0 Å². The highest BCUT2D eigenvalue weighted by atomic mass is 16.1. The number of aromatic nitrogens is 1. The molecular formula is C15H22N4O. The summed E-state index contributed by atoms with van der Waals surface area (Å²) >= 11 is 0. The van der Waals surface area contributed by atoms with Gasteiger partial charge in [0.1, 0.15) is 0 Å². The Morgan fingerprint density at radius 2 is 2.30 bits per heavy atom. The van der Waals surface area contributed by atoms with E-state index >= 15 is 0 Å². The smallest absolute Gasteiger partial charge is 0.249 e. The maximum absolute atomic E-state index is 11.9. The predicted octanol–water partition coefficient (Wildman–Crippen LogP) is 2.30. The van der Waals surface area contributed by atoms with Crippen LogP contribution < -0.4 is 11.1 Å².